The molecule has 0 fully saturated rings. The Labute approximate surface area is 179 Å². The summed E-state index contributed by atoms with van der Waals surface area (Å²) in [7, 11) is 0. The Morgan fingerprint density at radius 1 is 1.00 bits per heavy atom. The molecule has 5 heteroatoms. The number of anilines is 2. The van der Waals surface area contributed by atoms with Crippen LogP contribution in [0.25, 0.3) is 0 Å². The summed E-state index contributed by atoms with van der Waals surface area (Å²) in [5.41, 5.74) is 6.26. The Morgan fingerprint density at radius 2 is 1.69 bits per heavy atom. The van der Waals surface area contributed by atoms with Crippen LogP contribution >= 0.6 is 12.4 Å². The van der Waals surface area contributed by atoms with Gasteiger partial charge in [-0.05, 0) is 50.8 Å². The van der Waals surface area contributed by atoms with Crippen LogP contribution in [-0.4, -0.2) is 16.5 Å². The van der Waals surface area contributed by atoms with Crippen LogP contribution in [0.4, 0.5) is 11.8 Å². The highest BCUT2D eigenvalue weighted by molar-refractivity contribution is 5.85. The van der Waals surface area contributed by atoms with Crippen molar-refractivity contribution >= 4 is 24.2 Å². The third kappa shape index (κ3) is 4.23. The van der Waals surface area contributed by atoms with Crippen LogP contribution in [0.5, 0.6) is 0 Å². The van der Waals surface area contributed by atoms with Crippen LogP contribution < -0.4 is 10.2 Å². The minimum absolute atomic E-state index is 0. The zero-order valence-corrected chi connectivity index (χ0v) is 18.3. The summed E-state index contributed by atoms with van der Waals surface area (Å²) in [5.74, 6) is 1.73. The summed E-state index contributed by atoms with van der Waals surface area (Å²) in [5, 5.41) is 3.49. The number of aryl methyl sites for hydroxylation is 1. The number of nitrogens with zero attached hydrogens (tertiary/aromatic N) is 3. The van der Waals surface area contributed by atoms with Gasteiger partial charge in [0.2, 0.25) is 5.95 Å². The van der Waals surface area contributed by atoms with E-state index in [9.17, 15) is 0 Å². The van der Waals surface area contributed by atoms with E-state index in [4.69, 9.17) is 9.97 Å². The van der Waals surface area contributed by atoms with Gasteiger partial charge < -0.3 is 10.2 Å². The van der Waals surface area contributed by atoms with E-state index < -0.39 is 0 Å². The van der Waals surface area contributed by atoms with E-state index in [1.807, 2.05) is 6.07 Å². The molecule has 0 radical (unpaired) electrons. The maximum absolute atomic E-state index is 4.95. The molecule has 0 amide bonds. The van der Waals surface area contributed by atoms with Gasteiger partial charge in [0.25, 0.3) is 0 Å². The number of hydrogen-bond donors (Lipinski definition) is 1. The van der Waals surface area contributed by atoms with Crippen LogP contribution in [-0.2, 0) is 6.42 Å². The Morgan fingerprint density at radius 3 is 2.45 bits per heavy atom. The van der Waals surface area contributed by atoms with Crippen molar-refractivity contribution in [1.29, 1.82) is 0 Å². The molecule has 0 saturated heterocycles. The second-order valence-electron chi connectivity index (χ2n) is 7.68. The molecule has 2 unspecified atom stereocenters. The van der Waals surface area contributed by atoms with E-state index in [-0.39, 0.29) is 18.4 Å². The second-order valence-corrected chi connectivity index (χ2v) is 7.68. The van der Waals surface area contributed by atoms with Crippen molar-refractivity contribution in [3.63, 3.8) is 0 Å². The largest absolute Gasteiger partial charge is 0.349 e. The molecule has 2 heterocycles. The first-order valence-electron chi connectivity index (χ1n) is 10.1. The zero-order valence-electron chi connectivity index (χ0n) is 17.5. The average Bonchev–Trinajstić information content (AvgIpc) is 2.72. The summed E-state index contributed by atoms with van der Waals surface area (Å²) < 4.78 is 0. The number of rotatable bonds is 4. The summed E-state index contributed by atoms with van der Waals surface area (Å²) in [6.45, 7) is 9.59. The molecule has 29 heavy (non-hydrogen) atoms. The molecule has 0 bridgehead atoms. The second kappa shape index (κ2) is 8.83. The first kappa shape index (κ1) is 21.1. The fourth-order valence-corrected chi connectivity index (χ4v) is 4.04. The van der Waals surface area contributed by atoms with Gasteiger partial charge in [0.05, 0.1) is 12.1 Å². The number of fused-ring (bicyclic) bond motifs is 1. The van der Waals surface area contributed by atoms with E-state index in [0.29, 0.717) is 12.0 Å². The predicted molar refractivity (Wildman–Crippen MR) is 123 cm³/mol. The standard InChI is InChI=1S/C24H28N4.ClH/c1-16-17(2)25-24(26-18(3)20-10-6-5-7-11-20)27-23(16)28-15-14-21-12-8-9-13-22(21)19(28)4;/h5-13,18-19H,14-15H2,1-4H3,(H,25,26,27);1H. The molecule has 3 aromatic rings. The third-order valence-corrected chi connectivity index (χ3v) is 5.88. The number of halogens is 1. The first-order valence-corrected chi connectivity index (χ1v) is 10.1. The predicted octanol–water partition coefficient (Wildman–Crippen LogP) is 5.81. The molecule has 152 valence electrons. The van der Waals surface area contributed by atoms with Gasteiger partial charge in [-0.15, -0.1) is 12.4 Å². The summed E-state index contributed by atoms with van der Waals surface area (Å²) >= 11 is 0. The van der Waals surface area contributed by atoms with E-state index in [2.05, 4.69) is 86.4 Å². The monoisotopic (exact) mass is 408 g/mol. The molecule has 2 atom stereocenters. The lowest BCUT2D eigenvalue weighted by atomic mass is 9.93. The average molecular weight is 409 g/mol. The third-order valence-electron chi connectivity index (χ3n) is 5.88. The molecule has 4 rings (SSSR count). The lowest BCUT2D eigenvalue weighted by Gasteiger charge is -2.37. The van der Waals surface area contributed by atoms with E-state index >= 15 is 0 Å². The molecule has 2 aromatic carbocycles. The molecule has 1 N–H and O–H groups in total. The van der Waals surface area contributed by atoms with Crippen LogP contribution in [0.3, 0.4) is 0 Å². The van der Waals surface area contributed by atoms with Crippen LogP contribution in [0, 0.1) is 13.8 Å². The first-order chi connectivity index (χ1) is 13.5. The molecule has 1 aliphatic rings. The zero-order chi connectivity index (χ0) is 19.7. The van der Waals surface area contributed by atoms with Crippen molar-refractivity contribution in [2.45, 2.75) is 46.2 Å². The lowest BCUT2D eigenvalue weighted by Crippen LogP contribution is -2.35. The highest BCUT2D eigenvalue weighted by atomic mass is 35.5. The van der Waals surface area contributed by atoms with E-state index in [1.165, 1.54) is 16.7 Å². The normalized spacial score (nSPS) is 16.6. The summed E-state index contributed by atoms with van der Waals surface area (Å²) in [6, 6.07) is 19.6. The Hall–Kier alpha value is -2.59. The lowest BCUT2D eigenvalue weighted by molar-refractivity contribution is 0.614. The Kier molecular flexibility index (Phi) is 6.43. The highest BCUT2D eigenvalue weighted by Gasteiger charge is 2.26. The van der Waals surface area contributed by atoms with Gasteiger partial charge in [-0.1, -0.05) is 54.6 Å². The molecule has 1 aromatic heterocycles. The van der Waals surface area contributed by atoms with Crippen LogP contribution in [0.2, 0.25) is 0 Å². The molecule has 0 saturated carbocycles. The van der Waals surface area contributed by atoms with Gasteiger partial charge >= 0.3 is 0 Å². The van der Waals surface area contributed by atoms with Crippen LogP contribution in [0.1, 0.15) is 53.9 Å². The smallest absolute Gasteiger partial charge is 0.225 e. The number of hydrogen-bond acceptors (Lipinski definition) is 4. The fourth-order valence-electron chi connectivity index (χ4n) is 4.04. The fraction of sp³-hybridized carbons (Fsp3) is 0.333. The van der Waals surface area contributed by atoms with Gasteiger partial charge in [0, 0.05) is 17.8 Å². The highest BCUT2D eigenvalue weighted by Crippen LogP contribution is 2.35. The summed E-state index contributed by atoms with van der Waals surface area (Å²) in [4.78, 5) is 12.1. The topological polar surface area (TPSA) is 41.1 Å². The van der Waals surface area contributed by atoms with Crippen molar-refractivity contribution in [3.8, 4) is 0 Å². The van der Waals surface area contributed by atoms with Gasteiger partial charge in [-0.3, -0.25) is 0 Å². The Bertz CT molecular complexity index is 974. The van der Waals surface area contributed by atoms with Crippen molar-refractivity contribution in [2.75, 3.05) is 16.8 Å². The molecular formula is C24H29ClN4. The van der Waals surface area contributed by atoms with Gasteiger partial charge in [0.15, 0.2) is 0 Å². The molecular weight excluding hydrogens is 380 g/mol. The number of aromatic nitrogens is 2. The molecule has 1 aliphatic heterocycles. The quantitative estimate of drug-likeness (QED) is 0.591. The number of benzene rings is 2. The van der Waals surface area contributed by atoms with Crippen molar-refractivity contribution in [1.82, 2.24) is 9.97 Å². The molecule has 0 spiro atoms. The Balaban J connectivity index is 0.00000240. The molecule has 4 nitrogen and oxygen atoms in total. The van der Waals surface area contributed by atoms with Crippen LogP contribution in [0.15, 0.2) is 54.6 Å². The maximum Gasteiger partial charge on any atom is 0.225 e. The van der Waals surface area contributed by atoms with Gasteiger partial charge in [0.1, 0.15) is 5.82 Å². The minimum atomic E-state index is 0. The van der Waals surface area contributed by atoms with Crippen molar-refractivity contribution in [3.05, 3.63) is 82.5 Å². The maximum atomic E-state index is 4.95. The van der Waals surface area contributed by atoms with Crippen molar-refractivity contribution in [2.24, 2.45) is 0 Å². The van der Waals surface area contributed by atoms with Gasteiger partial charge in [-0.2, -0.15) is 4.98 Å². The molecule has 0 aliphatic carbocycles. The van der Waals surface area contributed by atoms with Crippen molar-refractivity contribution < 1.29 is 0 Å². The van der Waals surface area contributed by atoms with Gasteiger partial charge in [-0.25, -0.2) is 4.98 Å². The number of nitrogens with one attached hydrogen (secondary N) is 1. The minimum Gasteiger partial charge on any atom is -0.349 e. The van der Waals surface area contributed by atoms with E-state index in [0.717, 1.165) is 30.0 Å². The summed E-state index contributed by atoms with van der Waals surface area (Å²) in [6.07, 6.45) is 1.05. The van der Waals surface area contributed by atoms with E-state index in [1.54, 1.807) is 0 Å². The SMILES string of the molecule is Cc1nc(NC(C)c2ccccc2)nc(N2CCc3ccccc3C2C)c1C.Cl.